The number of amides is 2. The zero-order chi connectivity index (χ0) is 13.7. The first kappa shape index (κ1) is 13.0. The molecule has 1 aliphatic rings. The van der Waals surface area contributed by atoms with E-state index in [4.69, 9.17) is 4.74 Å². The van der Waals surface area contributed by atoms with Gasteiger partial charge in [0.25, 0.3) is 11.8 Å². The van der Waals surface area contributed by atoms with Gasteiger partial charge >= 0.3 is 0 Å². The van der Waals surface area contributed by atoms with Crippen molar-refractivity contribution in [3.8, 4) is 0 Å². The van der Waals surface area contributed by atoms with Crippen LogP contribution in [0.25, 0.3) is 0 Å². The maximum absolute atomic E-state index is 11.9. The Kier molecular flexibility index (Phi) is 4.03. The summed E-state index contributed by atoms with van der Waals surface area (Å²) < 4.78 is 5.12. The normalized spacial score (nSPS) is 13.8. The van der Waals surface area contributed by atoms with E-state index in [1.54, 1.807) is 30.3 Å². The summed E-state index contributed by atoms with van der Waals surface area (Å²) in [5, 5.41) is 4.68. The van der Waals surface area contributed by atoms with Gasteiger partial charge < -0.3 is 4.74 Å². The molecule has 1 aliphatic heterocycles. The molecule has 0 fully saturated rings. The SMILES string of the molecule is C=C=CCOCC=NN1C(=O)c2ccccc2C1=O. The van der Waals surface area contributed by atoms with Gasteiger partial charge in [-0.3, -0.25) is 9.59 Å². The van der Waals surface area contributed by atoms with Gasteiger partial charge in [-0.2, -0.15) is 10.1 Å². The van der Waals surface area contributed by atoms with Crippen molar-refractivity contribution in [3.05, 3.63) is 53.8 Å². The van der Waals surface area contributed by atoms with Crippen molar-refractivity contribution in [2.75, 3.05) is 13.2 Å². The van der Waals surface area contributed by atoms with E-state index in [0.29, 0.717) is 17.7 Å². The summed E-state index contributed by atoms with van der Waals surface area (Å²) in [6, 6.07) is 6.64. The van der Waals surface area contributed by atoms with E-state index in [2.05, 4.69) is 17.4 Å². The maximum atomic E-state index is 11.9. The number of carbonyl (C=O) groups excluding carboxylic acids is 2. The molecule has 19 heavy (non-hydrogen) atoms. The monoisotopic (exact) mass is 256 g/mol. The molecule has 0 aromatic heterocycles. The fourth-order valence-electron chi connectivity index (χ4n) is 1.63. The van der Waals surface area contributed by atoms with E-state index in [1.165, 1.54) is 6.21 Å². The van der Waals surface area contributed by atoms with Crippen molar-refractivity contribution in [1.82, 2.24) is 5.01 Å². The molecule has 0 saturated carbocycles. The van der Waals surface area contributed by atoms with Gasteiger partial charge in [0.15, 0.2) is 0 Å². The Morgan fingerprint density at radius 1 is 1.21 bits per heavy atom. The molecule has 2 amide bonds. The van der Waals surface area contributed by atoms with Gasteiger partial charge in [0.2, 0.25) is 0 Å². The number of ether oxygens (including phenoxy) is 1. The number of nitrogens with zero attached hydrogens (tertiary/aromatic N) is 2. The molecule has 0 N–H and O–H groups in total. The van der Waals surface area contributed by atoms with E-state index in [-0.39, 0.29) is 6.61 Å². The average molecular weight is 256 g/mol. The van der Waals surface area contributed by atoms with Gasteiger partial charge in [0.05, 0.1) is 30.6 Å². The van der Waals surface area contributed by atoms with Crippen LogP contribution in [0, 0.1) is 0 Å². The minimum absolute atomic E-state index is 0.200. The van der Waals surface area contributed by atoms with Crippen LogP contribution in [0.1, 0.15) is 20.7 Å². The highest BCUT2D eigenvalue weighted by Gasteiger charge is 2.34. The molecule has 0 saturated heterocycles. The van der Waals surface area contributed by atoms with E-state index in [9.17, 15) is 9.59 Å². The van der Waals surface area contributed by atoms with Crippen molar-refractivity contribution in [2.45, 2.75) is 0 Å². The molecule has 5 nitrogen and oxygen atoms in total. The van der Waals surface area contributed by atoms with Crippen LogP contribution in [0.15, 0.2) is 47.8 Å². The zero-order valence-electron chi connectivity index (χ0n) is 10.2. The fraction of sp³-hybridized carbons (Fsp3) is 0.143. The smallest absolute Gasteiger partial charge is 0.282 e. The van der Waals surface area contributed by atoms with Crippen LogP contribution in [0.2, 0.25) is 0 Å². The Labute approximate surface area is 110 Å². The van der Waals surface area contributed by atoms with Crippen molar-refractivity contribution in [1.29, 1.82) is 0 Å². The molecule has 0 bridgehead atoms. The summed E-state index contributed by atoms with van der Waals surface area (Å²) in [4.78, 5) is 23.8. The number of carbonyl (C=O) groups is 2. The number of hydrogen-bond acceptors (Lipinski definition) is 4. The standard InChI is InChI=1S/C14H12N2O3/c1-2-3-9-19-10-8-15-16-13(17)11-6-4-5-7-12(11)14(16)18/h3-8H,1,9-10H2. The lowest BCUT2D eigenvalue weighted by atomic mass is 10.1. The number of fused-ring (bicyclic) bond motifs is 1. The Morgan fingerprint density at radius 2 is 1.84 bits per heavy atom. The van der Waals surface area contributed by atoms with Crippen LogP contribution in [-0.2, 0) is 4.74 Å². The maximum Gasteiger partial charge on any atom is 0.282 e. The number of hydrogen-bond donors (Lipinski definition) is 0. The van der Waals surface area contributed by atoms with E-state index >= 15 is 0 Å². The van der Waals surface area contributed by atoms with Gasteiger partial charge in [0.1, 0.15) is 0 Å². The summed E-state index contributed by atoms with van der Waals surface area (Å²) in [5.41, 5.74) is 3.31. The molecule has 5 heteroatoms. The quantitative estimate of drug-likeness (QED) is 0.348. The van der Waals surface area contributed by atoms with Crippen LogP contribution in [0.4, 0.5) is 0 Å². The third kappa shape index (κ3) is 2.68. The lowest BCUT2D eigenvalue weighted by Crippen LogP contribution is -2.24. The molecule has 0 spiro atoms. The minimum Gasteiger partial charge on any atom is -0.371 e. The average Bonchev–Trinajstić information content (AvgIpc) is 2.68. The summed E-state index contributed by atoms with van der Waals surface area (Å²) in [5.74, 6) is -0.828. The topological polar surface area (TPSA) is 59.0 Å². The number of hydrazone groups is 1. The molecule has 0 atom stereocenters. The lowest BCUT2D eigenvalue weighted by Gasteiger charge is -2.05. The highest BCUT2D eigenvalue weighted by molar-refractivity contribution is 6.21. The van der Waals surface area contributed by atoms with Crippen molar-refractivity contribution < 1.29 is 14.3 Å². The second kappa shape index (κ2) is 5.91. The van der Waals surface area contributed by atoms with Crippen molar-refractivity contribution >= 4 is 18.0 Å². The van der Waals surface area contributed by atoms with Crippen LogP contribution in [0.3, 0.4) is 0 Å². The predicted molar refractivity (Wildman–Crippen MR) is 70.0 cm³/mol. The molecule has 0 aliphatic carbocycles. The second-order valence-corrected chi connectivity index (χ2v) is 3.71. The molecular formula is C14H12N2O3. The molecule has 1 aromatic rings. The first-order chi connectivity index (χ1) is 9.25. The van der Waals surface area contributed by atoms with Gasteiger partial charge in [0, 0.05) is 0 Å². The molecule has 96 valence electrons. The molecule has 1 aromatic carbocycles. The van der Waals surface area contributed by atoms with E-state index < -0.39 is 11.8 Å². The van der Waals surface area contributed by atoms with Crippen LogP contribution >= 0.6 is 0 Å². The minimum atomic E-state index is -0.414. The molecule has 1 heterocycles. The third-order valence-electron chi connectivity index (χ3n) is 2.51. The van der Waals surface area contributed by atoms with Crippen LogP contribution < -0.4 is 0 Å². The summed E-state index contributed by atoms with van der Waals surface area (Å²) in [6.07, 6.45) is 2.99. The van der Waals surface area contributed by atoms with Gasteiger partial charge in [-0.25, -0.2) is 0 Å². The summed E-state index contributed by atoms with van der Waals surface area (Å²) >= 11 is 0. The van der Waals surface area contributed by atoms with Crippen LogP contribution in [0.5, 0.6) is 0 Å². The summed E-state index contributed by atoms with van der Waals surface area (Å²) in [6.45, 7) is 3.95. The lowest BCUT2D eigenvalue weighted by molar-refractivity contribution is 0.0658. The van der Waals surface area contributed by atoms with Crippen molar-refractivity contribution in [3.63, 3.8) is 0 Å². The number of benzene rings is 1. The highest BCUT2D eigenvalue weighted by Crippen LogP contribution is 2.22. The van der Waals surface area contributed by atoms with Crippen LogP contribution in [-0.4, -0.2) is 36.3 Å². The summed E-state index contributed by atoms with van der Waals surface area (Å²) in [7, 11) is 0. The molecule has 2 rings (SSSR count). The zero-order valence-corrected chi connectivity index (χ0v) is 10.2. The van der Waals surface area contributed by atoms with E-state index in [0.717, 1.165) is 5.01 Å². The fourth-order valence-corrected chi connectivity index (χ4v) is 1.63. The molecule has 0 radical (unpaired) electrons. The predicted octanol–water partition coefficient (Wildman–Crippen LogP) is 1.63. The Hall–Kier alpha value is -2.49. The third-order valence-corrected chi connectivity index (χ3v) is 2.51. The van der Waals surface area contributed by atoms with E-state index in [1.807, 2.05) is 0 Å². The number of rotatable bonds is 5. The Morgan fingerprint density at radius 3 is 2.42 bits per heavy atom. The second-order valence-electron chi connectivity index (χ2n) is 3.71. The first-order valence-corrected chi connectivity index (χ1v) is 5.68. The Balaban J connectivity index is 2.00. The first-order valence-electron chi connectivity index (χ1n) is 5.68. The highest BCUT2D eigenvalue weighted by atomic mass is 16.5. The van der Waals surface area contributed by atoms with Gasteiger partial charge in [-0.05, 0) is 18.2 Å². The molecular weight excluding hydrogens is 244 g/mol. The molecule has 0 unspecified atom stereocenters. The largest absolute Gasteiger partial charge is 0.371 e. The van der Waals surface area contributed by atoms with Crippen molar-refractivity contribution in [2.24, 2.45) is 5.10 Å². The Bertz CT molecular complexity index is 551. The van der Waals surface area contributed by atoms with Gasteiger partial charge in [-0.1, -0.05) is 18.7 Å². The number of imide groups is 1. The van der Waals surface area contributed by atoms with Gasteiger partial charge in [-0.15, -0.1) is 5.73 Å².